The molecule has 1 atom stereocenters. The molecule has 1 N–H and O–H groups in total. The quantitative estimate of drug-likeness (QED) is 0.915. The molecule has 1 saturated heterocycles. The highest BCUT2D eigenvalue weighted by atomic mass is 19.4. The minimum absolute atomic E-state index is 0.0317. The van der Waals surface area contributed by atoms with E-state index in [2.05, 4.69) is 15.0 Å². The van der Waals surface area contributed by atoms with Gasteiger partial charge >= 0.3 is 12.2 Å². The zero-order valence-electron chi connectivity index (χ0n) is 12.6. The number of amides is 2. The van der Waals surface area contributed by atoms with Crippen LogP contribution in [0.5, 0.6) is 5.88 Å². The summed E-state index contributed by atoms with van der Waals surface area (Å²) >= 11 is 0. The summed E-state index contributed by atoms with van der Waals surface area (Å²) in [6.07, 6.45) is -3.11. The third-order valence-corrected chi connectivity index (χ3v) is 3.28. The van der Waals surface area contributed by atoms with Gasteiger partial charge in [-0.05, 0) is 13.0 Å². The Balaban J connectivity index is 1.93. The molecular formula is C14H18F3N3O3. The van der Waals surface area contributed by atoms with Gasteiger partial charge in [0.05, 0.1) is 19.3 Å². The first kappa shape index (κ1) is 17.3. The van der Waals surface area contributed by atoms with Crippen LogP contribution in [-0.2, 0) is 11.3 Å². The number of ether oxygens (including phenoxy) is 2. The van der Waals surface area contributed by atoms with Crippen LogP contribution in [0.3, 0.4) is 0 Å². The molecule has 2 amide bonds. The first-order valence-corrected chi connectivity index (χ1v) is 7.12. The molecule has 1 aromatic rings. The molecule has 9 heteroatoms. The molecule has 0 spiro atoms. The number of urea groups is 1. The van der Waals surface area contributed by atoms with E-state index in [0.717, 1.165) is 0 Å². The molecule has 1 aliphatic rings. The van der Waals surface area contributed by atoms with E-state index in [1.54, 1.807) is 17.0 Å². The summed E-state index contributed by atoms with van der Waals surface area (Å²) in [5, 5.41) is 2.67. The number of morpholine rings is 1. The number of carbonyl (C=O) groups is 1. The summed E-state index contributed by atoms with van der Waals surface area (Å²) in [7, 11) is 0. The van der Waals surface area contributed by atoms with E-state index >= 15 is 0 Å². The number of nitrogens with one attached hydrogen (secondary N) is 1. The Hall–Kier alpha value is -2.03. The Labute approximate surface area is 131 Å². The van der Waals surface area contributed by atoms with Crippen LogP contribution in [0.15, 0.2) is 18.3 Å². The fourth-order valence-electron chi connectivity index (χ4n) is 2.14. The second kappa shape index (κ2) is 7.49. The minimum Gasteiger partial charge on any atom is -0.468 e. The largest absolute Gasteiger partial charge is 0.468 e. The lowest BCUT2D eigenvalue weighted by Gasteiger charge is -2.33. The van der Waals surface area contributed by atoms with Crippen molar-refractivity contribution in [2.75, 3.05) is 26.4 Å². The molecule has 1 fully saturated rings. The van der Waals surface area contributed by atoms with E-state index in [0.29, 0.717) is 25.3 Å². The molecular weight excluding hydrogens is 315 g/mol. The van der Waals surface area contributed by atoms with Gasteiger partial charge in [0, 0.05) is 24.8 Å². The Morgan fingerprint density at radius 1 is 1.57 bits per heavy atom. The van der Waals surface area contributed by atoms with E-state index in [9.17, 15) is 18.0 Å². The molecule has 23 heavy (non-hydrogen) atoms. The lowest BCUT2D eigenvalue weighted by Crippen LogP contribution is -2.51. The first-order valence-electron chi connectivity index (χ1n) is 7.12. The Morgan fingerprint density at radius 3 is 3.04 bits per heavy atom. The van der Waals surface area contributed by atoms with Gasteiger partial charge in [0.15, 0.2) is 6.61 Å². The van der Waals surface area contributed by atoms with Gasteiger partial charge in [-0.1, -0.05) is 6.07 Å². The third kappa shape index (κ3) is 5.27. The zero-order chi connectivity index (χ0) is 16.9. The molecule has 2 rings (SSSR count). The van der Waals surface area contributed by atoms with E-state index in [1.807, 2.05) is 6.92 Å². The van der Waals surface area contributed by atoms with Crippen LogP contribution in [0, 0.1) is 0 Å². The summed E-state index contributed by atoms with van der Waals surface area (Å²) in [6.45, 7) is 1.86. The SMILES string of the molecule is C[C@H]1COCCN1C(=O)NCc1cccnc1OCC(F)(F)F. The molecule has 2 heterocycles. The van der Waals surface area contributed by atoms with Crippen LogP contribution in [0.25, 0.3) is 0 Å². The highest BCUT2D eigenvalue weighted by molar-refractivity contribution is 5.74. The van der Waals surface area contributed by atoms with Crippen molar-refractivity contribution in [1.82, 2.24) is 15.2 Å². The fraction of sp³-hybridized carbons (Fsp3) is 0.571. The molecule has 0 saturated carbocycles. The average Bonchev–Trinajstić information content (AvgIpc) is 2.51. The lowest BCUT2D eigenvalue weighted by molar-refractivity contribution is -0.154. The standard InChI is InChI=1S/C14H18F3N3O3/c1-10-8-22-6-5-20(10)13(21)19-7-11-3-2-4-18-12(11)23-9-14(15,16)17/h2-4,10H,5-9H2,1H3,(H,19,21)/t10-/m0/s1. The number of rotatable bonds is 4. The lowest BCUT2D eigenvalue weighted by atomic mass is 10.2. The summed E-state index contributed by atoms with van der Waals surface area (Å²) in [6, 6.07) is 2.77. The minimum atomic E-state index is -4.44. The van der Waals surface area contributed by atoms with Gasteiger partial charge in [-0.25, -0.2) is 9.78 Å². The fourth-order valence-corrected chi connectivity index (χ4v) is 2.14. The topological polar surface area (TPSA) is 63.7 Å². The number of aromatic nitrogens is 1. The Morgan fingerprint density at radius 2 is 2.35 bits per heavy atom. The molecule has 1 aromatic heterocycles. The maximum absolute atomic E-state index is 12.2. The highest BCUT2D eigenvalue weighted by Crippen LogP contribution is 2.20. The van der Waals surface area contributed by atoms with Crippen molar-refractivity contribution in [3.05, 3.63) is 23.9 Å². The third-order valence-electron chi connectivity index (χ3n) is 3.28. The number of nitrogens with zero attached hydrogens (tertiary/aromatic N) is 2. The highest BCUT2D eigenvalue weighted by Gasteiger charge is 2.29. The maximum Gasteiger partial charge on any atom is 0.422 e. The van der Waals surface area contributed by atoms with Crippen LogP contribution >= 0.6 is 0 Å². The summed E-state index contributed by atoms with van der Waals surface area (Å²) < 4.78 is 46.6. The van der Waals surface area contributed by atoms with Crippen LogP contribution < -0.4 is 10.1 Å². The molecule has 6 nitrogen and oxygen atoms in total. The molecule has 0 unspecified atom stereocenters. The monoisotopic (exact) mass is 333 g/mol. The van der Waals surface area contributed by atoms with Gasteiger partial charge in [-0.2, -0.15) is 13.2 Å². The van der Waals surface area contributed by atoms with Gasteiger partial charge < -0.3 is 19.7 Å². The Bertz CT molecular complexity index is 539. The van der Waals surface area contributed by atoms with Crippen molar-refractivity contribution < 1.29 is 27.4 Å². The summed E-state index contributed by atoms with van der Waals surface area (Å²) in [4.78, 5) is 17.5. The molecule has 128 valence electrons. The predicted octanol–water partition coefficient (Wildman–Crippen LogP) is 1.95. The van der Waals surface area contributed by atoms with Crippen LogP contribution in [-0.4, -0.2) is 54.5 Å². The number of halogens is 3. The second-order valence-corrected chi connectivity index (χ2v) is 5.15. The molecule has 0 aliphatic carbocycles. The molecule has 0 bridgehead atoms. The van der Waals surface area contributed by atoms with Gasteiger partial charge in [0.1, 0.15) is 0 Å². The van der Waals surface area contributed by atoms with E-state index < -0.39 is 12.8 Å². The van der Waals surface area contributed by atoms with Crippen molar-refractivity contribution in [3.8, 4) is 5.88 Å². The summed E-state index contributed by atoms with van der Waals surface area (Å²) in [5.41, 5.74) is 0.381. The van der Waals surface area contributed by atoms with Crippen molar-refractivity contribution in [2.24, 2.45) is 0 Å². The molecule has 1 aliphatic heterocycles. The van der Waals surface area contributed by atoms with E-state index in [4.69, 9.17) is 4.74 Å². The van der Waals surface area contributed by atoms with Gasteiger partial charge in [0.25, 0.3) is 0 Å². The summed E-state index contributed by atoms with van der Waals surface area (Å²) in [5.74, 6) is -0.139. The van der Waals surface area contributed by atoms with Crippen LogP contribution in [0.1, 0.15) is 12.5 Å². The molecule has 0 aromatic carbocycles. The first-order chi connectivity index (χ1) is 10.9. The van der Waals surface area contributed by atoms with Crippen molar-refractivity contribution in [1.29, 1.82) is 0 Å². The normalized spacial score (nSPS) is 18.6. The van der Waals surface area contributed by atoms with Crippen molar-refractivity contribution in [3.63, 3.8) is 0 Å². The Kier molecular flexibility index (Phi) is 5.64. The van der Waals surface area contributed by atoms with E-state index in [1.165, 1.54) is 6.20 Å². The van der Waals surface area contributed by atoms with Crippen LogP contribution in [0.4, 0.5) is 18.0 Å². The average molecular weight is 333 g/mol. The number of hydrogen-bond donors (Lipinski definition) is 1. The number of alkyl halides is 3. The number of pyridine rings is 1. The second-order valence-electron chi connectivity index (χ2n) is 5.15. The number of carbonyl (C=O) groups excluding carboxylic acids is 1. The predicted molar refractivity (Wildman–Crippen MR) is 75.0 cm³/mol. The molecule has 0 radical (unpaired) electrons. The van der Waals surface area contributed by atoms with Crippen molar-refractivity contribution >= 4 is 6.03 Å². The van der Waals surface area contributed by atoms with Crippen LogP contribution in [0.2, 0.25) is 0 Å². The maximum atomic E-state index is 12.2. The van der Waals surface area contributed by atoms with Gasteiger partial charge in [0.2, 0.25) is 5.88 Å². The zero-order valence-corrected chi connectivity index (χ0v) is 12.6. The number of hydrogen-bond acceptors (Lipinski definition) is 4. The van der Waals surface area contributed by atoms with Crippen molar-refractivity contribution in [2.45, 2.75) is 25.7 Å². The van der Waals surface area contributed by atoms with Gasteiger partial charge in [-0.3, -0.25) is 0 Å². The van der Waals surface area contributed by atoms with Gasteiger partial charge in [-0.15, -0.1) is 0 Å². The smallest absolute Gasteiger partial charge is 0.422 e. The van der Waals surface area contributed by atoms with E-state index in [-0.39, 0.29) is 24.5 Å².